The number of non-ortho nitro benzene ring substituents is 1. The first-order chi connectivity index (χ1) is 12.1. The lowest BCUT2D eigenvalue weighted by atomic mass is 10.2. The van der Waals surface area contributed by atoms with Crippen LogP contribution in [-0.4, -0.2) is 32.0 Å². The van der Waals surface area contributed by atoms with Crippen LogP contribution in [0.1, 0.15) is 0 Å². The van der Waals surface area contributed by atoms with Crippen molar-refractivity contribution in [1.29, 1.82) is 0 Å². The summed E-state index contributed by atoms with van der Waals surface area (Å²) in [5.41, 5.74) is -0.133. The van der Waals surface area contributed by atoms with Gasteiger partial charge in [-0.3, -0.25) is 19.2 Å². The fraction of sp³-hybridized carbons (Fsp3) is 0.133. The van der Waals surface area contributed by atoms with Gasteiger partial charge in [0.1, 0.15) is 6.54 Å². The molecule has 2 rings (SSSR count). The molecule has 26 heavy (non-hydrogen) atoms. The zero-order valence-corrected chi connectivity index (χ0v) is 15.7. The van der Waals surface area contributed by atoms with Gasteiger partial charge in [0.15, 0.2) is 0 Å². The normalized spacial score (nSPS) is 11.0. The third-order valence-electron chi connectivity index (χ3n) is 3.24. The first-order valence-electron chi connectivity index (χ1n) is 7.05. The molecule has 0 radical (unpaired) electrons. The van der Waals surface area contributed by atoms with Crippen LogP contribution in [0.5, 0.6) is 0 Å². The number of benzene rings is 2. The van der Waals surface area contributed by atoms with Crippen molar-refractivity contribution in [1.82, 2.24) is 0 Å². The predicted molar refractivity (Wildman–Crippen MR) is 100 cm³/mol. The molecule has 0 bridgehead atoms. The first-order valence-corrected chi connectivity index (χ1v) is 9.66. The van der Waals surface area contributed by atoms with E-state index in [2.05, 4.69) is 5.32 Å². The molecule has 0 saturated heterocycles. The minimum atomic E-state index is -3.81. The average Bonchev–Trinajstić information content (AvgIpc) is 2.54. The van der Waals surface area contributed by atoms with Gasteiger partial charge >= 0.3 is 0 Å². The van der Waals surface area contributed by atoms with E-state index in [-0.39, 0.29) is 27.1 Å². The van der Waals surface area contributed by atoms with Gasteiger partial charge in [-0.2, -0.15) is 0 Å². The van der Waals surface area contributed by atoms with Gasteiger partial charge in [0.25, 0.3) is 5.69 Å². The van der Waals surface area contributed by atoms with E-state index < -0.39 is 27.4 Å². The van der Waals surface area contributed by atoms with Gasteiger partial charge in [-0.15, -0.1) is 0 Å². The Kier molecular flexibility index (Phi) is 6.06. The SMILES string of the molecule is CS(=O)(=O)N(CC(=O)Nc1cc([N+](=O)[O-])ccc1Cl)c1ccccc1Cl. The van der Waals surface area contributed by atoms with E-state index in [9.17, 15) is 23.3 Å². The summed E-state index contributed by atoms with van der Waals surface area (Å²) < 4.78 is 24.9. The number of carbonyl (C=O) groups is 1. The summed E-state index contributed by atoms with van der Waals surface area (Å²) in [6.07, 6.45) is 0.934. The molecule has 2 aromatic rings. The monoisotopic (exact) mass is 417 g/mol. The average molecular weight is 418 g/mol. The Morgan fingerprint density at radius 2 is 1.85 bits per heavy atom. The number of para-hydroxylation sites is 1. The number of nitrogens with zero attached hydrogens (tertiary/aromatic N) is 2. The molecule has 0 aromatic heterocycles. The van der Waals surface area contributed by atoms with E-state index in [1.165, 1.54) is 24.3 Å². The van der Waals surface area contributed by atoms with E-state index >= 15 is 0 Å². The van der Waals surface area contributed by atoms with Gasteiger partial charge in [-0.25, -0.2) is 8.42 Å². The minimum Gasteiger partial charge on any atom is -0.323 e. The van der Waals surface area contributed by atoms with Crippen LogP contribution in [0.25, 0.3) is 0 Å². The summed E-state index contributed by atoms with van der Waals surface area (Å²) in [6.45, 7) is -0.582. The molecule has 0 atom stereocenters. The van der Waals surface area contributed by atoms with E-state index in [0.29, 0.717) is 0 Å². The van der Waals surface area contributed by atoms with Crippen molar-refractivity contribution in [2.24, 2.45) is 0 Å². The molecule has 8 nitrogen and oxygen atoms in total. The highest BCUT2D eigenvalue weighted by Crippen LogP contribution is 2.29. The van der Waals surface area contributed by atoms with Crippen molar-refractivity contribution in [2.75, 3.05) is 22.4 Å². The zero-order valence-electron chi connectivity index (χ0n) is 13.3. The van der Waals surface area contributed by atoms with E-state index in [1.54, 1.807) is 12.1 Å². The Morgan fingerprint density at radius 1 is 1.19 bits per heavy atom. The number of halogens is 2. The Labute approximate surface area is 159 Å². The van der Waals surface area contributed by atoms with Crippen molar-refractivity contribution in [2.45, 2.75) is 0 Å². The van der Waals surface area contributed by atoms with Crippen LogP contribution in [0.3, 0.4) is 0 Å². The van der Waals surface area contributed by atoms with Gasteiger partial charge in [-0.05, 0) is 18.2 Å². The Hall–Kier alpha value is -2.36. The standard InChI is InChI=1S/C15H13Cl2N3O5S/c1-26(24,25)19(14-5-3-2-4-12(14)17)9-15(21)18-13-8-10(20(22)23)6-7-11(13)16/h2-8H,9H2,1H3,(H,18,21). The molecule has 0 unspecified atom stereocenters. The van der Waals surface area contributed by atoms with Crippen molar-refractivity contribution in [3.05, 3.63) is 62.6 Å². The Balaban J connectivity index is 2.28. The lowest BCUT2D eigenvalue weighted by Gasteiger charge is -2.22. The molecule has 2 aromatic carbocycles. The van der Waals surface area contributed by atoms with Crippen LogP contribution < -0.4 is 9.62 Å². The molecule has 0 aliphatic carbocycles. The first kappa shape index (κ1) is 20.0. The minimum absolute atomic E-state index is 0.00141. The fourth-order valence-corrected chi connectivity index (χ4v) is 3.40. The molecular formula is C15H13Cl2N3O5S. The largest absolute Gasteiger partial charge is 0.323 e. The second-order valence-corrected chi connectivity index (χ2v) is 7.91. The summed E-state index contributed by atoms with van der Waals surface area (Å²) >= 11 is 11.9. The number of hydrogen-bond acceptors (Lipinski definition) is 5. The molecular weight excluding hydrogens is 405 g/mol. The van der Waals surface area contributed by atoms with Crippen molar-refractivity contribution in [3.8, 4) is 0 Å². The molecule has 0 aliphatic rings. The van der Waals surface area contributed by atoms with E-state index in [0.717, 1.165) is 16.6 Å². The third-order valence-corrected chi connectivity index (χ3v) is 5.02. The molecule has 1 N–H and O–H groups in total. The molecule has 138 valence electrons. The summed E-state index contributed by atoms with van der Waals surface area (Å²) in [7, 11) is -3.81. The molecule has 1 amide bonds. The van der Waals surface area contributed by atoms with Gasteiger partial charge < -0.3 is 5.32 Å². The van der Waals surface area contributed by atoms with Crippen LogP contribution >= 0.6 is 23.2 Å². The molecule has 0 aliphatic heterocycles. The number of anilines is 2. The zero-order chi connectivity index (χ0) is 19.5. The number of sulfonamides is 1. The number of nitro groups is 1. The second-order valence-electron chi connectivity index (χ2n) is 5.19. The highest BCUT2D eigenvalue weighted by atomic mass is 35.5. The van der Waals surface area contributed by atoms with Gasteiger partial charge in [0.05, 0.1) is 32.6 Å². The number of carbonyl (C=O) groups excluding carboxylic acids is 1. The second kappa shape index (κ2) is 7.90. The van der Waals surface area contributed by atoms with Crippen LogP contribution in [0.2, 0.25) is 10.0 Å². The van der Waals surface area contributed by atoms with Crippen molar-refractivity contribution >= 4 is 56.2 Å². The van der Waals surface area contributed by atoms with Crippen LogP contribution in [0, 0.1) is 10.1 Å². The molecule has 0 saturated carbocycles. The van der Waals surface area contributed by atoms with Crippen LogP contribution in [0.15, 0.2) is 42.5 Å². The Morgan fingerprint density at radius 3 is 2.42 bits per heavy atom. The summed E-state index contributed by atoms with van der Waals surface area (Å²) in [6, 6.07) is 9.67. The maximum atomic E-state index is 12.3. The van der Waals surface area contributed by atoms with Gasteiger partial charge in [0.2, 0.25) is 15.9 Å². The Bertz CT molecular complexity index is 966. The highest BCUT2D eigenvalue weighted by molar-refractivity contribution is 7.92. The van der Waals surface area contributed by atoms with Crippen molar-refractivity contribution in [3.63, 3.8) is 0 Å². The van der Waals surface area contributed by atoms with Crippen LogP contribution in [-0.2, 0) is 14.8 Å². The maximum Gasteiger partial charge on any atom is 0.271 e. The predicted octanol–water partition coefficient (Wildman–Crippen LogP) is 3.31. The van der Waals surface area contributed by atoms with E-state index in [1.807, 2.05) is 0 Å². The molecule has 11 heteroatoms. The maximum absolute atomic E-state index is 12.3. The summed E-state index contributed by atoms with van der Waals surface area (Å²) in [5, 5.41) is 13.4. The van der Waals surface area contributed by atoms with Gasteiger partial charge in [0, 0.05) is 12.1 Å². The molecule has 0 fully saturated rings. The number of hydrogen-bond donors (Lipinski definition) is 1. The number of nitro benzene ring substituents is 1. The van der Waals surface area contributed by atoms with Gasteiger partial charge in [-0.1, -0.05) is 35.3 Å². The van der Waals surface area contributed by atoms with Crippen molar-refractivity contribution < 1.29 is 18.1 Å². The third kappa shape index (κ3) is 4.84. The molecule has 0 spiro atoms. The molecule has 0 heterocycles. The smallest absolute Gasteiger partial charge is 0.271 e. The summed E-state index contributed by atoms with van der Waals surface area (Å²) in [4.78, 5) is 22.5. The quantitative estimate of drug-likeness (QED) is 0.572. The van der Waals surface area contributed by atoms with E-state index in [4.69, 9.17) is 23.2 Å². The lowest BCUT2D eigenvalue weighted by molar-refractivity contribution is -0.384. The lowest BCUT2D eigenvalue weighted by Crippen LogP contribution is -2.37. The fourth-order valence-electron chi connectivity index (χ4n) is 2.08. The summed E-state index contributed by atoms with van der Waals surface area (Å²) in [5.74, 6) is -0.738. The highest BCUT2D eigenvalue weighted by Gasteiger charge is 2.23. The number of amides is 1. The number of nitrogens with one attached hydrogen (secondary N) is 1. The number of rotatable bonds is 6. The topological polar surface area (TPSA) is 110 Å². The van der Waals surface area contributed by atoms with Crippen LogP contribution in [0.4, 0.5) is 17.1 Å².